The number of nitrogen functional groups attached to an aromatic ring is 1. The number of aromatic nitrogens is 5. The summed E-state index contributed by atoms with van der Waals surface area (Å²) in [7, 11) is 0. The van der Waals surface area contributed by atoms with Crippen LogP contribution < -0.4 is 11.1 Å². The number of halogens is 1. The zero-order chi connectivity index (χ0) is 24.9. The van der Waals surface area contributed by atoms with E-state index in [-0.39, 0.29) is 18.2 Å². The highest BCUT2D eigenvalue weighted by Gasteiger charge is 2.17. The first kappa shape index (κ1) is 22.7. The summed E-state index contributed by atoms with van der Waals surface area (Å²) >= 11 is 0. The lowest BCUT2D eigenvalue weighted by molar-refractivity contribution is 0.421. The summed E-state index contributed by atoms with van der Waals surface area (Å²) in [5.41, 5.74) is 10.5. The molecule has 3 N–H and O–H groups in total. The molecule has 9 heteroatoms. The van der Waals surface area contributed by atoms with Gasteiger partial charge in [-0.1, -0.05) is 66.3 Å². The van der Waals surface area contributed by atoms with Gasteiger partial charge in [-0.15, -0.1) is 0 Å². The van der Waals surface area contributed by atoms with Crippen molar-refractivity contribution in [3.63, 3.8) is 0 Å². The van der Waals surface area contributed by atoms with E-state index < -0.39 is 0 Å². The molecule has 0 saturated carbocycles. The second kappa shape index (κ2) is 10.1. The van der Waals surface area contributed by atoms with Crippen LogP contribution in [-0.4, -0.2) is 24.9 Å². The Balaban J connectivity index is 1.39. The number of rotatable bonds is 8. The average Bonchev–Trinajstić information content (AvgIpc) is 3.56. The summed E-state index contributed by atoms with van der Waals surface area (Å²) in [6.07, 6.45) is 6.82. The Morgan fingerprint density at radius 3 is 2.64 bits per heavy atom. The third-order valence-corrected chi connectivity index (χ3v) is 5.38. The van der Waals surface area contributed by atoms with Gasteiger partial charge in [0, 0.05) is 17.3 Å². The van der Waals surface area contributed by atoms with Crippen molar-refractivity contribution in [1.29, 1.82) is 0 Å². The fraction of sp³-hybridized carbons (Fsp3) is 0.0370. The second-order valence-electron chi connectivity index (χ2n) is 7.94. The van der Waals surface area contributed by atoms with Crippen LogP contribution in [0, 0.1) is 5.82 Å². The highest BCUT2D eigenvalue weighted by Crippen LogP contribution is 2.27. The molecule has 8 nitrogen and oxygen atoms in total. The Kier molecular flexibility index (Phi) is 6.35. The zero-order valence-electron chi connectivity index (χ0n) is 19.2. The third-order valence-electron chi connectivity index (χ3n) is 5.38. The van der Waals surface area contributed by atoms with E-state index in [0.29, 0.717) is 39.9 Å². The van der Waals surface area contributed by atoms with Crippen molar-refractivity contribution >= 4 is 17.6 Å². The number of nitrogens with one attached hydrogen (secondary N) is 1. The Labute approximate surface area is 206 Å². The fourth-order valence-electron chi connectivity index (χ4n) is 3.58. The van der Waals surface area contributed by atoms with Crippen molar-refractivity contribution in [2.45, 2.75) is 6.54 Å². The first-order valence-electron chi connectivity index (χ1n) is 11.1. The molecule has 0 bridgehead atoms. The predicted molar refractivity (Wildman–Crippen MR) is 137 cm³/mol. The zero-order valence-corrected chi connectivity index (χ0v) is 19.2. The van der Waals surface area contributed by atoms with Gasteiger partial charge < -0.3 is 15.6 Å². The summed E-state index contributed by atoms with van der Waals surface area (Å²) in [5.74, 6) is 0.236. The largest absolute Gasteiger partial charge is 0.382 e. The van der Waals surface area contributed by atoms with E-state index in [9.17, 15) is 4.39 Å². The summed E-state index contributed by atoms with van der Waals surface area (Å²) in [4.78, 5) is 8.85. The summed E-state index contributed by atoms with van der Waals surface area (Å²) in [6, 6.07) is 19.9. The van der Waals surface area contributed by atoms with Crippen LogP contribution in [0.2, 0.25) is 0 Å². The number of hydrogen-bond donors (Lipinski definition) is 2. The fourth-order valence-corrected chi connectivity index (χ4v) is 3.58. The van der Waals surface area contributed by atoms with Crippen molar-refractivity contribution in [3.8, 4) is 22.9 Å². The van der Waals surface area contributed by atoms with Gasteiger partial charge in [0.25, 0.3) is 0 Å². The number of nitrogens with zero attached hydrogens (tertiary/aromatic N) is 5. The van der Waals surface area contributed by atoms with Gasteiger partial charge in [0.2, 0.25) is 0 Å². The molecule has 0 unspecified atom stereocenters. The van der Waals surface area contributed by atoms with Crippen molar-refractivity contribution in [3.05, 3.63) is 114 Å². The molecule has 3 heterocycles. The van der Waals surface area contributed by atoms with Crippen LogP contribution in [0.15, 0.2) is 102 Å². The first-order chi connectivity index (χ1) is 17.6. The minimum Gasteiger partial charge on any atom is -0.382 e. The molecule has 0 amide bonds. The van der Waals surface area contributed by atoms with Crippen molar-refractivity contribution in [1.82, 2.24) is 24.9 Å². The summed E-state index contributed by atoms with van der Waals surface area (Å²) in [6.45, 7) is 4.20. The summed E-state index contributed by atoms with van der Waals surface area (Å²) < 4.78 is 20.9. The first-order valence-corrected chi connectivity index (χ1v) is 11.1. The average molecular weight is 480 g/mol. The summed E-state index contributed by atoms with van der Waals surface area (Å²) in [5, 5.41) is 11.7. The minimum absolute atomic E-state index is 0.192. The van der Waals surface area contributed by atoms with E-state index in [2.05, 4.69) is 32.1 Å². The molecule has 0 radical (unpaired) electrons. The highest BCUT2D eigenvalue weighted by atomic mass is 19.1. The van der Waals surface area contributed by atoms with E-state index in [1.54, 1.807) is 41.2 Å². The van der Waals surface area contributed by atoms with E-state index in [1.807, 2.05) is 42.5 Å². The molecule has 0 aliphatic rings. The Morgan fingerprint density at radius 2 is 1.89 bits per heavy atom. The van der Waals surface area contributed by atoms with Crippen LogP contribution in [0.25, 0.3) is 29.0 Å². The maximum atomic E-state index is 14.3. The molecule has 0 aliphatic heterocycles. The van der Waals surface area contributed by atoms with Gasteiger partial charge in [-0.25, -0.2) is 14.4 Å². The second-order valence-corrected chi connectivity index (χ2v) is 7.94. The van der Waals surface area contributed by atoms with Crippen LogP contribution in [0.5, 0.6) is 0 Å². The topological polar surface area (TPSA) is 108 Å². The van der Waals surface area contributed by atoms with Gasteiger partial charge >= 0.3 is 0 Å². The van der Waals surface area contributed by atoms with Crippen molar-refractivity contribution in [2.24, 2.45) is 0 Å². The van der Waals surface area contributed by atoms with Crippen LogP contribution in [0.4, 0.5) is 15.9 Å². The van der Waals surface area contributed by atoms with E-state index in [1.165, 1.54) is 12.3 Å². The smallest absolute Gasteiger partial charge is 0.182 e. The normalized spacial score (nSPS) is 11.1. The Bertz CT molecular complexity index is 1530. The maximum absolute atomic E-state index is 14.3. The number of nitrogens with two attached hydrogens (primary N) is 1. The Hall–Kier alpha value is -5.05. The van der Waals surface area contributed by atoms with Gasteiger partial charge in [-0.3, -0.25) is 4.68 Å². The van der Waals surface area contributed by atoms with E-state index in [0.717, 1.165) is 5.56 Å². The van der Waals surface area contributed by atoms with Gasteiger partial charge in [-0.2, -0.15) is 5.10 Å². The van der Waals surface area contributed by atoms with Crippen LogP contribution >= 0.6 is 0 Å². The van der Waals surface area contributed by atoms with Gasteiger partial charge in [0.15, 0.2) is 11.6 Å². The molecular formula is C27H22FN7O. The number of anilines is 2. The molecule has 5 aromatic rings. The monoisotopic (exact) mass is 479 g/mol. The molecular weight excluding hydrogens is 457 g/mol. The number of benzene rings is 2. The lowest BCUT2D eigenvalue weighted by Gasteiger charge is -2.09. The van der Waals surface area contributed by atoms with Crippen molar-refractivity contribution in [2.75, 3.05) is 11.1 Å². The Morgan fingerprint density at radius 1 is 1.08 bits per heavy atom. The van der Waals surface area contributed by atoms with Crippen LogP contribution in [-0.2, 0) is 6.54 Å². The standard InChI is InChI=1S/C27H22FN7O/c1-18(11-12-19-7-3-2-4-8-19)31-24-16-30-27(32-26(24)29)23-15-25(22-13-14-36-34-22)35(33-23)17-20-9-5-6-10-21(20)28/h2-16,31H,1,17H2,(H2,29,30,32)/b12-11+. The molecule has 0 saturated heterocycles. The number of hydrogen-bond acceptors (Lipinski definition) is 7. The molecule has 0 aliphatic carbocycles. The van der Waals surface area contributed by atoms with Gasteiger partial charge in [0.1, 0.15) is 23.5 Å². The lowest BCUT2D eigenvalue weighted by Crippen LogP contribution is -2.06. The van der Waals surface area contributed by atoms with Crippen LogP contribution in [0.1, 0.15) is 11.1 Å². The van der Waals surface area contributed by atoms with E-state index in [4.69, 9.17) is 10.3 Å². The lowest BCUT2D eigenvalue weighted by atomic mass is 10.2. The molecule has 0 atom stereocenters. The van der Waals surface area contributed by atoms with Gasteiger partial charge in [-0.05, 0) is 23.8 Å². The minimum atomic E-state index is -0.321. The molecule has 178 valence electrons. The van der Waals surface area contributed by atoms with Crippen LogP contribution in [0.3, 0.4) is 0 Å². The molecule has 2 aromatic carbocycles. The van der Waals surface area contributed by atoms with Crippen molar-refractivity contribution < 1.29 is 8.91 Å². The highest BCUT2D eigenvalue weighted by molar-refractivity contribution is 5.69. The molecule has 5 rings (SSSR count). The molecule has 3 aromatic heterocycles. The van der Waals surface area contributed by atoms with E-state index >= 15 is 0 Å². The SMILES string of the molecule is C=C(/C=C/c1ccccc1)Nc1cnc(-c2cc(-c3ccon3)n(Cc3ccccc3F)n2)nc1N. The third kappa shape index (κ3) is 5.05. The molecule has 0 fully saturated rings. The number of allylic oxidation sites excluding steroid dienone is 1. The quantitative estimate of drug-likeness (QED) is 0.287. The molecule has 36 heavy (non-hydrogen) atoms. The molecule has 0 spiro atoms. The van der Waals surface area contributed by atoms with Gasteiger partial charge in [0.05, 0.1) is 24.1 Å². The predicted octanol–water partition coefficient (Wildman–Crippen LogP) is 5.40. The maximum Gasteiger partial charge on any atom is 0.182 e.